The molecule has 0 N–H and O–H groups in total. The van der Waals surface area contributed by atoms with Crippen LogP contribution in [0.1, 0.15) is 31.0 Å². The quantitative estimate of drug-likeness (QED) is 0.527. The molecule has 7 nitrogen and oxygen atoms in total. The summed E-state index contributed by atoms with van der Waals surface area (Å²) in [5.41, 5.74) is 3.24. The number of fused-ring (bicyclic) bond motifs is 2. The molecule has 0 fully saturated rings. The molecule has 2 aliphatic rings. The molecule has 5 rings (SSSR count). The highest BCUT2D eigenvalue weighted by atomic mass is 32.1. The van der Waals surface area contributed by atoms with Crippen LogP contribution in [0.2, 0.25) is 0 Å². The third-order valence-corrected chi connectivity index (χ3v) is 7.15. The molecule has 1 aromatic heterocycles. The lowest BCUT2D eigenvalue weighted by molar-refractivity contribution is -0.136. The van der Waals surface area contributed by atoms with Crippen molar-refractivity contribution in [3.63, 3.8) is 0 Å². The van der Waals surface area contributed by atoms with Gasteiger partial charge in [0, 0.05) is 5.56 Å². The van der Waals surface area contributed by atoms with Crippen LogP contribution >= 0.6 is 11.3 Å². The molecule has 178 valence electrons. The predicted molar refractivity (Wildman–Crippen MR) is 134 cm³/mol. The van der Waals surface area contributed by atoms with Crippen LogP contribution in [-0.2, 0) is 9.53 Å². The van der Waals surface area contributed by atoms with Gasteiger partial charge in [0.2, 0.25) is 0 Å². The van der Waals surface area contributed by atoms with Crippen LogP contribution in [0.3, 0.4) is 0 Å². The van der Waals surface area contributed by atoms with E-state index in [9.17, 15) is 9.59 Å². The second-order valence-corrected chi connectivity index (χ2v) is 9.30. The van der Waals surface area contributed by atoms with E-state index in [1.54, 1.807) is 30.7 Å². The average Bonchev–Trinajstić information content (AvgIpc) is 3.17. The molecule has 3 aromatic rings. The first-order valence-corrected chi connectivity index (χ1v) is 11.9. The Morgan fingerprint density at radius 2 is 1.89 bits per heavy atom. The summed E-state index contributed by atoms with van der Waals surface area (Å²) in [6.07, 6.45) is 3.67. The van der Waals surface area contributed by atoms with Gasteiger partial charge in [0.05, 0.1) is 36.1 Å². The van der Waals surface area contributed by atoms with Gasteiger partial charge in [0.15, 0.2) is 4.80 Å². The zero-order valence-corrected chi connectivity index (χ0v) is 20.6. The first kappa shape index (κ1) is 22.9. The fourth-order valence-electron chi connectivity index (χ4n) is 4.37. The Morgan fingerprint density at radius 1 is 1.14 bits per heavy atom. The summed E-state index contributed by atoms with van der Waals surface area (Å²) in [4.78, 5) is 31.6. The van der Waals surface area contributed by atoms with Gasteiger partial charge >= 0.3 is 5.97 Å². The summed E-state index contributed by atoms with van der Waals surface area (Å²) < 4.78 is 18.5. The predicted octanol–water partition coefficient (Wildman–Crippen LogP) is 3.23. The van der Waals surface area contributed by atoms with Gasteiger partial charge in [-0.15, -0.1) is 0 Å². The molecular weight excluding hydrogens is 464 g/mol. The molecule has 0 bridgehead atoms. The van der Waals surface area contributed by atoms with Gasteiger partial charge in [0.25, 0.3) is 5.56 Å². The number of aromatic nitrogens is 1. The average molecular weight is 489 g/mol. The molecule has 0 radical (unpaired) electrons. The number of carbonyl (C=O) groups is 1. The van der Waals surface area contributed by atoms with Crippen LogP contribution < -0.4 is 24.4 Å². The lowest BCUT2D eigenvalue weighted by atomic mass is 9.96. The number of carbonyl (C=O) groups excluding carboxylic acids is 1. The van der Waals surface area contributed by atoms with Crippen molar-refractivity contribution in [1.82, 2.24) is 4.57 Å². The van der Waals surface area contributed by atoms with Crippen molar-refractivity contribution in [3.05, 3.63) is 96.2 Å². The van der Waals surface area contributed by atoms with Crippen LogP contribution in [0, 0.1) is 0 Å². The van der Waals surface area contributed by atoms with Crippen LogP contribution in [-0.4, -0.2) is 30.9 Å². The minimum absolute atomic E-state index is 0.215. The number of allylic oxidation sites excluding steroid dienone is 1. The molecule has 2 aromatic carbocycles. The van der Waals surface area contributed by atoms with Gasteiger partial charge in [0.1, 0.15) is 17.6 Å². The van der Waals surface area contributed by atoms with E-state index in [0.717, 1.165) is 22.4 Å². The Bertz CT molecular complexity index is 1560. The maximum Gasteiger partial charge on any atom is 0.338 e. The molecule has 35 heavy (non-hydrogen) atoms. The normalized spacial score (nSPS) is 19.2. The molecular formula is C27H24N2O5S. The highest BCUT2D eigenvalue weighted by Gasteiger charge is 2.33. The number of para-hydroxylation sites is 1. The maximum absolute atomic E-state index is 13.7. The van der Waals surface area contributed by atoms with Crippen molar-refractivity contribution in [2.24, 2.45) is 4.99 Å². The van der Waals surface area contributed by atoms with Crippen molar-refractivity contribution in [3.8, 4) is 11.5 Å². The monoisotopic (exact) mass is 488 g/mol. The number of nitrogens with zero attached hydrogens (tertiary/aromatic N) is 2. The SMILES string of the molecule is COC(=O)C1=C(C)N=c2s/c(=C\C3=Cc4ccccc4O[C@H]3C)c(=O)n2[C@H]1c1ccc(OC)cc1. The minimum atomic E-state index is -0.665. The van der Waals surface area contributed by atoms with Gasteiger partial charge in [-0.1, -0.05) is 41.7 Å². The van der Waals surface area contributed by atoms with Gasteiger partial charge in [-0.25, -0.2) is 9.79 Å². The highest BCUT2D eigenvalue weighted by molar-refractivity contribution is 7.07. The number of thiazole rings is 1. The Hall–Kier alpha value is -3.91. The van der Waals surface area contributed by atoms with E-state index in [-0.39, 0.29) is 11.7 Å². The maximum atomic E-state index is 13.7. The summed E-state index contributed by atoms with van der Waals surface area (Å²) in [5, 5.41) is 0. The third kappa shape index (κ3) is 4.00. The van der Waals surface area contributed by atoms with Crippen molar-refractivity contribution < 1.29 is 19.0 Å². The van der Waals surface area contributed by atoms with Gasteiger partial charge in [-0.05, 0) is 55.3 Å². The summed E-state index contributed by atoms with van der Waals surface area (Å²) in [6.45, 7) is 3.71. The second-order valence-electron chi connectivity index (χ2n) is 8.29. The van der Waals surface area contributed by atoms with E-state index in [1.807, 2.05) is 55.5 Å². The van der Waals surface area contributed by atoms with Crippen molar-refractivity contribution in [1.29, 1.82) is 0 Å². The van der Waals surface area contributed by atoms with Crippen molar-refractivity contribution in [2.45, 2.75) is 26.0 Å². The molecule has 2 atom stereocenters. The summed E-state index contributed by atoms with van der Waals surface area (Å²) in [5.74, 6) is 0.978. The van der Waals surface area contributed by atoms with E-state index >= 15 is 0 Å². The summed E-state index contributed by atoms with van der Waals surface area (Å²) in [6, 6.07) is 14.4. The van der Waals surface area contributed by atoms with Crippen molar-refractivity contribution >= 4 is 29.5 Å². The Morgan fingerprint density at radius 3 is 2.60 bits per heavy atom. The van der Waals surface area contributed by atoms with Crippen LogP contribution in [0.4, 0.5) is 0 Å². The standard InChI is InChI=1S/C27H24N2O5S/c1-15-23(26(31)33-4)24(17-9-11-20(32-3)12-10-17)29-25(30)22(35-27(29)28-15)14-19-13-18-7-5-6-8-21(18)34-16(19)2/h5-14,16,24H,1-4H3/b22-14-/t16-,24-/m0/s1. The van der Waals surface area contributed by atoms with Crippen LogP contribution in [0.15, 0.2) is 75.2 Å². The highest BCUT2D eigenvalue weighted by Crippen LogP contribution is 2.32. The fraction of sp³-hybridized carbons (Fsp3) is 0.222. The Balaban J connectivity index is 1.69. The van der Waals surface area contributed by atoms with Crippen LogP contribution in [0.5, 0.6) is 11.5 Å². The summed E-state index contributed by atoms with van der Waals surface area (Å²) in [7, 11) is 2.92. The van der Waals surface area contributed by atoms with Crippen LogP contribution in [0.25, 0.3) is 12.2 Å². The molecule has 2 aliphatic heterocycles. The van der Waals surface area contributed by atoms with E-state index in [4.69, 9.17) is 14.2 Å². The van der Waals surface area contributed by atoms with Crippen molar-refractivity contribution in [2.75, 3.05) is 14.2 Å². The molecule has 0 saturated carbocycles. The largest absolute Gasteiger partial charge is 0.497 e. The molecule has 0 aliphatic carbocycles. The topological polar surface area (TPSA) is 79.1 Å². The smallest absolute Gasteiger partial charge is 0.338 e. The fourth-order valence-corrected chi connectivity index (χ4v) is 5.41. The third-order valence-electron chi connectivity index (χ3n) is 6.17. The molecule has 0 amide bonds. The Kier molecular flexibility index (Phi) is 5.90. The van der Waals surface area contributed by atoms with E-state index < -0.39 is 12.0 Å². The molecule has 8 heteroatoms. The first-order chi connectivity index (χ1) is 16.9. The van der Waals surface area contributed by atoms with E-state index in [2.05, 4.69) is 4.99 Å². The minimum Gasteiger partial charge on any atom is -0.497 e. The molecule has 0 unspecified atom stereocenters. The van der Waals surface area contributed by atoms with Gasteiger partial charge in [-0.2, -0.15) is 0 Å². The number of hydrogen-bond acceptors (Lipinski definition) is 7. The number of esters is 1. The number of rotatable bonds is 4. The number of hydrogen-bond donors (Lipinski definition) is 0. The number of methoxy groups -OCH3 is 2. The van der Waals surface area contributed by atoms with E-state index in [1.165, 1.54) is 18.4 Å². The number of benzene rings is 2. The Labute approximate surface area is 205 Å². The summed E-state index contributed by atoms with van der Waals surface area (Å²) >= 11 is 1.29. The molecule has 0 spiro atoms. The zero-order valence-electron chi connectivity index (χ0n) is 19.8. The first-order valence-electron chi connectivity index (χ1n) is 11.1. The number of ether oxygens (including phenoxy) is 3. The second kappa shape index (κ2) is 9.03. The van der Waals surface area contributed by atoms with Gasteiger partial charge < -0.3 is 14.2 Å². The zero-order chi connectivity index (χ0) is 24.7. The van der Waals surface area contributed by atoms with E-state index in [0.29, 0.717) is 26.4 Å². The molecule has 0 saturated heterocycles. The van der Waals surface area contributed by atoms with Gasteiger partial charge in [-0.3, -0.25) is 9.36 Å². The lowest BCUT2D eigenvalue weighted by Gasteiger charge is -2.24. The molecule has 3 heterocycles. The lowest BCUT2D eigenvalue weighted by Crippen LogP contribution is -2.40.